The van der Waals surface area contributed by atoms with E-state index in [1.807, 2.05) is 6.33 Å². The number of imidazole rings is 1. The quantitative estimate of drug-likeness (QED) is 0.845. The second kappa shape index (κ2) is 4.21. The van der Waals surface area contributed by atoms with E-state index >= 15 is 0 Å². The molecule has 1 unspecified atom stereocenters. The average Bonchev–Trinajstić information content (AvgIpc) is 2.83. The summed E-state index contributed by atoms with van der Waals surface area (Å²) in [4.78, 5) is 4.33. The molecule has 3 heteroatoms. The summed E-state index contributed by atoms with van der Waals surface area (Å²) >= 11 is 0. The van der Waals surface area contributed by atoms with Crippen LogP contribution in [0.15, 0.2) is 12.5 Å². The zero-order valence-corrected chi connectivity index (χ0v) is 9.81. The highest BCUT2D eigenvalue weighted by atomic mass is 15.1. The van der Waals surface area contributed by atoms with Crippen LogP contribution in [0, 0.1) is 5.92 Å². The second-order valence-corrected chi connectivity index (χ2v) is 5.35. The third-order valence-electron chi connectivity index (χ3n) is 4.23. The van der Waals surface area contributed by atoms with Crippen molar-refractivity contribution >= 4 is 0 Å². The van der Waals surface area contributed by atoms with E-state index in [2.05, 4.69) is 15.7 Å². The van der Waals surface area contributed by atoms with Crippen LogP contribution >= 0.6 is 0 Å². The molecule has 0 radical (unpaired) electrons. The molecule has 0 aromatic carbocycles. The molecule has 3 rings (SSSR count). The molecule has 1 aromatic rings. The fraction of sp³-hybridized carbons (Fsp3) is 0.769. The fourth-order valence-electron chi connectivity index (χ4n) is 3.16. The molecule has 0 saturated heterocycles. The Bertz CT molecular complexity index is 348. The van der Waals surface area contributed by atoms with Gasteiger partial charge in [0.05, 0.1) is 6.33 Å². The molecule has 2 aliphatic carbocycles. The van der Waals surface area contributed by atoms with Crippen LogP contribution in [-0.4, -0.2) is 16.1 Å². The largest absolute Gasteiger partial charge is 0.330 e. The summed E-state index contributed by atoms with van der Waals surface area (Å²) in [6, 6.07) is 0.501. The molecule has 3 nitrogen and oxygen atoms in total. The maximum absolute atomic E-state index is 5.98. The molecule has 0 spiro atoms. The summed E-state index contributed by atoms with van der Waals surface area (Å²) in [5.41, 5.74) is 7.42. The fourth-order valence-corrected chi connectivity index (χ4v) is 3.16. The van der Waals surface area contributed by atoms with E-state index in [1.54, 1.807) is 0 Å². The first-order valence-corrected chi connectivity index (χ1v) is 6.62. The first-order valence-electron chi connectivity index (χ1n) is 6.62. The molecule has 1 atom stereocenters. The van der Waals surface area contributed by atoms with Gasteiger partial charge in [0.1, 0.15) is 0 Å². The summed E-state index contributed by atoms with van der Waals surface area (Å²) in [5.74, 6) is 1.56. The molecule has 2 N–H and O–H groups in total. The number of hydrogen-bond donors (Lipinski definition) is 1. The van der Waals surface area contributed by atoms with Crippen molar-refractivity contribution in [3.63, 3.8) is 0 Å². The van der Waals surface area contributed by atoms with Crippen LogP contribution in [0.2, 0.25) is 0 Å². The third-order valence-corrected chi connectivity index (χ3v) is 4.23. The van der Waals surface area contributed by atoms with Crippen LogP contribution in [0.25, 0.3) is 0 Å². The number of aromatic nitrogens is 2. The standard InChI is InChI=1S/C13H21N3/c14-7-12(10-3-1-2-4-10)16-9-15-8-13(16)11-5-6-11/h8-12H,1-7,14H2. The van der Waals surface area contributed by atoms with Gasteiger partial charge < -0.3 is 10.3 Å². The Hall–Kier alpha value is -0.830. The van der Waals surface area contributed by atoms with Gasteiger partial charge in [-0.25, -0.2) is 4.98 Å². The Morgan fingerprint density at radius 3 is 2.69 bits per heavy atom. The lowest BCUT2D eigenvalue weighted by molar-refractivity contribution is 0.335. The smallest absolute Gasteiger partial charge is 0.0951 e. The highest BCUT2D eigenvalue weighted by Crippen LogP contribution is 2.42. The van der Waals surface area contributed by atoms with Gasteiger partial charge in [-0.1, -0.05) is 12.8 Å². The van der Waals surface area contributed by atoms with Gasteiger partial charge in [0.2, 0.25) is 0 Å². The molecule has 0 bridgehead atoms. The van der Waals surface area contributed by atoms with E-state index in [1.165, 1.54) is 44.2 Å². The SMILES string of the molecule is NCC(C1CCCC1)n1cncc1C1CC1. The molecule has 0 aliphatic heterocycles. The molecule has 16 heavy (non-hydrogen) atoms. The van der Waals surface area contributed by atoms with Gasteiger partial charge in [-0.2, -0.15) is 0 Å². The van der Waals surface area contributed by atoms with Gasteiger partial charge >= 0.3 is 0 Å². The Kier molecular flexibility index (Phi) is 2.72. The summed E-state index contributed by atoms with van der Waals surface area (Å²) in [7, 11) is 0. The minimum atomic E-state index is 0.501. The predicted molar refractivity (Wildman–Crippen MR) is 64.3 cm³/mol. The van der Waals surface area contributed by atoms with Crippen molar-refractivity contribution in [2.75, 3.05) is 6.54 Å². The Morgan fingerprint density at radius 2 is 2.06 bits per heavy atom. The maximum atomic E-state index is 5.98. The molecule has 2 fully saturated rings. The van der Waals surface area contributed by atoms with E-state index in [0.29, 0.717) is 6.04 Å². The lowest BCUT2D eigenvalue weighted by Gasteiger charge is -2.25. The van der Waals surface area contributed by atoms with Gasteiger partial charge in [-0.15, -0.1) is 0 Å². The predicted octanol–water partition coefficient (Wildman–Crippen LogP) is 2.45. The lowest BCUT2D eigenvalue weighted by Crippen LogP contribution is -2.26. The van der Waals surface area contributed by atoms with Crippen molar-refractivity contribution in [1.82, 2.24) is 9.55 Å². The van der Waals surface area contributed by atoms with E-state index < -0.39 is 0 Å². The van der Waals surface area contributed by atoms with Crippen molar-refractivity contribution in [2.45, 2.75) is 50.5 Å². The van der Waals surface area contributed by atoms with Crippen LogP contribution < -0.4 is 5.73 Å². The Morgan fingerprint density at radius 1 is 1.31 bits per heavy atom. The van der Waals surface area contributed by atoms with E-state index in [0.717, 1.165) is 18.4 Å². The minimum Gasteiger partial charge on any atom is -0.330 e. The van der Waals surface area contributed by atoms with Crippen LogP contribution in [-0.2, 0) is 0 Å². The van der Waals surface area contributed by atoms with Crippen LogP contribution in [0.4, 0.5) is 0 Å². The summed E-state index contributed by atoms with van der Waals surface area (Å²) < 4.78 is 2.38. The van der Waals surface area contributed by atoms with E-state index in [9.17, 15) is 0 Å². The third kappa shape index (κ3) is 1.77. The minimum absolute atomic E-state index is 0.501. The molecule has 1 aromatic heterocycles. The van der Waals surface area contributed by atoms with Crippen molar-refractivity contribution in [3.05, 3.63) is 18.2 Å². The van der Waals surface area contributed by atoms with Gasteiger partial charge in [-0.3, -0.25) is 0 Å². The van der Waals surface area contributed by atoms with Crippen molar-refractivity contribution in [1.29, 1.82) is 0 Å². The van der Waals surface area contributed by atoms with Crippen LogP contribution in [0.5, 0.6) is 0 Å². The average molecular weight is 219 g/mol. The topological polar surface area (TPSA) is 43.8 Å². The molecular formula is C13H21N3. The maximum Gasteiger partial charge on any atom is 0.0951 e. The number of nitrogens with two attached hydrogens (primary N) is 1. The molecule has 0 amide bonds. The zero-order chi connectivity index (χ0) is 11.0. The highest BCUT2D eigenvalue weighted by Gasteiger charge is 2.31. The monoisotopic (exact) mass is 219 g/mol. The van der Waals surface area contributed by atoms with Gasteiger partial charge in [0.25, 0.3) is 0 Å². The summed E-state index contributed by atoms with van der Waals surface area (Å²) in [6.07, 6.45) is 12.2. The second-order valence-electron chi connectivity index (χ2n) is 5.35. The van der Waals surface area contributed by atoms with Crippen LogP contribution in [0.3, 0.4) is 0 Å². The Labute approximate surface area is 97.0 Å². The van der Waals surface area contributed by atoms with E-state index in [4.69, 9.17) is 5.73 Å². The zero-order valence-electron chi connectivity index (χ0n) is 9.81. The van der Waals surface area contributed by atoms with Crippen molar-refractivity contribution in [2.24, 2.45) is 11.7 Å². The normalized spacial score (nSPS) is 23.8. The molecule has 2 saturated carbocycles. The van der Waals surface area contributed by atoms with Crippen molar-refractivity contribution < 1.29 is 0 Å². The summed E-state index contributed by atoms with van der Waals surface area (Å²) in [6.45, 7) is 0.765. The number of hydrogen-bond acceptors (Lipinski definition) is 2. The van der Waals surface area contributed by atoms with Gasteiger partial charge in [0.15, 0.2) is 0 Å². The molecule has 1 heterocycles. The number of nitrogens with zero attached hydrogens (tertiary/aromatic N) is 2. The van der Waals surface area contributed by atoms with Gasteiger partial charge in [-0.05, 0) is 31.6 Å². The first-order chi connectivity index (χ1) is 7.90. The van der Waals surface area contributed by atoms with Gasteiger partial charge in [0, 0.05) is 30.4 Å². The molecule has 2 aliphatic rings. The lowest BCUT2D eigenvalue weighted by atomic mass is 9.97. The van der Waals surface area contributed by atoms with E-state index in [-0.39, 0.29) is 0 Å². The van der Waals surface area contributed by atoms with Crippen molar-refractivity contribution in [3.8, 4) is 0 Å². The van der Waals surface area contributed by atoms with Crippen LogP contribution in [0.1, 0.15) is 56.2 Å². The summed E-state index contributed by atoms with van der Waals surface area (Å²) in [5, 5.41) is 0. The molecule has 88 valence electrons. The highest BCUT2D eigenvalue weighted by molar-refractivity contribution is 5.14. The first kappa shape index (κ1) is 10.3. The molecular weight excluding hydrogens is 198 g/mol. The Balaban J connectivity index is 1.84. The number of rotatable bonds is 4.